The van der Waals surface area contributed by atoms with Gasteiger partial charge in [0.2, 0.25) is 0 Å². The maximum Gasteiger partial charge on any atom is 0.257 e. The molecule has 0 unspecified atom stereocenters. The van der Waals surface area contributed by atoms with Crippen LogP contribution in [-0.4, -0.2) is 20.3 Å². The van der Waals surface area contributed by atoms with Gasteiger partial charge in [-0.3, -0.25) is 14.2 Å². The third-order valence-electron chi connectivity index (χ3n) is 5.49. The average molecular weight is 458 g/mol. The highest BCUT2D eigenvalue weighted by Gasteiger charge is 2.17. The van der Waals surface area contributed by atoms with Gasteiger partial charge in [0.25, 0.3) is 5.91 Å². The fourth-order valence-electron chi connectivity index (χ4n) is 3.78. The van der Waals surface area contributed by atoms with E-state index in [0.717, 1.165) is 11.6 Å². The van der Waals surface area contributed by atoms with E-state index in [0.29, 0.717) is 33.8 Å². The number of aryl methyl sites for hydroxylation is 1. The molecule has 3 aromatic heterocycles. The van der Waals surface area contributed by atoms with Crippen molar-refractivity contribution < 1.29 is 18.0 Å². The van der Waals surface area contributed by atoms with Crippen molar-refractivity contribution in [2.45, 2.75) is 6.92 Å². The van der Waals surface area contributed by atoms with E-state index >= 15 is 0 Å². The topological polar surface area (TPSA) is 59.3 Å². The second-order valence-electron chi connectivity index (χ2n) is 7.70. The molecule has 0 radical (unpaired) electrons. The predicted molar refractivity (Wildman–Crippen MR) is 123 cm³/mol. The summed E-state index contributed by atoms with van der Waals surface area (Å²) in [6.45, 7) is 1.72. The maximum atomic E-state index is 14.4. The zero-order valence-electron chi connectivity index (χ0n) is 17.9. The number of hydrogen-bond acceptors (Lipinski definition) is 3. The van der Waals surface area contributed by atoms with E-state index in [1.165, 1.54) is 36.4 Å². The Morgan fingerprint density at radius 2 is 1.65 bits per heavy atom. The quantitative estimate of drug-likeness (QED) is 0.357. The van der Waals surface area contributed by atoms with Crippen molar-refractivity contribution in [2.75, 3.05) is 5.32 Å². The Kier molecular flexibility index (Phi) is 5.33. The highest BCUT2D eigenvalue weighted by Crippen LogP contribution is 2.30. The molecule has 168 valence electrons. The van der Waals surface area contributed by atoms with Crippen LogP contribution in [0.4, 0.5) is 18.9 Å². The molecule has 1 N–H and O–H groups in total. The Bertz CT molecular complexity index is 1540. The van der Waals surface area contributed by atoms with Crippen LogP contribution in [0.2, 0.25) is 0 Å². The number of fused-ring (bicyclic) bond motifs is 1. The van der Waals surface area contributed by atoms with Gasteiger partial charge in [-0.05, 0) is 55.5 Å². The largest absolute Gasteiger partial charge is 0.322 e. The summed E-state index contributed by atoms with van der Waals surface area (Å²) in [5.41, 5.74) is 3.56. The minimum absolute atomic E-state index is 0.167. The number of nitrogens with one attached hydrogen (secondary N) is 1. The van der Waals surface area contributed by atoms with Crippen molar-refractivity contribution in [3.63, 3.8) is 0 Å². The number of anilines is 1. The summed E-state index contributed by atoms with van der Waals surface area (Å²) >= 11 is 0. The average Bonchev–Trinajstić information content (AvgIpc) is 3.25. The van der Waals surface area contributed by atoms with Crippen LogP contribution in [0.25, 0.3) is 28.0 Å². The molecule has 5 nitrogen and oxygen atoms in total. The molecule has 5 rings (SSSR count). The van der Waals surface area contributed by atoms with Gasteiger partial charge in [-0.15, -0.1) is 0 Å². The molecule has 8 heteroatoms. The van der Waals surface area contributed by atoms with Gasteiger partial charge in [0, 0.05) is 35.3 Å². The lowest BCUT2D eigenvalue weighted by Gasteiger charge is -2.11. The van der Waals surface area contributed by atoms with Crippen molar-refractivity contribution >= 4 is 17.1 Å². The second kappa shape index (κ2) is 8.47. The van der Waals surface area contributed by atoms with Gasteiger partial charge in [-0.1, -0.05) is 6.07 Å². The highest BCUT2D eigenvalue weighted by molar-refractivity contribution is 6.05. The van der Waals surface area contributed by atoms with Crippen LogP contribution in [0.15, 0.2) is 79.3 Å². The smallest absolute Gasteiger partial charge is 0.257 e. The van der Waals surface area contributed by atoms with Crippen molar-refractivity contribution in [1.29, 1.82) is 0 Å². The van der Waals surface area contributed by atoms with E-state index < -0.39 is 17.5 Å². The van der Waals surface area contributed by atoms with E-state index in [1.54, 1.807) is 42.0 Å². The number of hydrogen-bond donors (Lipinski definition) is 1. The molecule has 0 aliphatic heterocycles. The van der Waals surface area contributed by atoms with Gasteiger partial charge in [0.15, 0.2) is 0 Å². The normalized spacial score (nSPS) is 11.1. The summed E-state index contributed by atoms with van der Waals surface area (Å²) in [6.07, 6.45) is 4.96. The van der Waals surface area contributed by atoms with Crippen LogP contribution in [0.5, 0.6) is 0 Å². The lowest BCUT2D eigenvalue weighted by Crippen LogP contribution is -2.14. The van der Waals surface area contributed by atoms with E-state index in [1.807, 2.05) is 6.07 Å². The minimum atomic E-state index is -0.713. The first-order chi connectivity index (χ1) is 16.4. The molecule has 0 bridgehead atoms. The van der Waals surface area contributed by atoms with Gasteiger partial charge in [0.05, 0.1) is 28.5 Å². The SMILES string of the molecule is Cc1ncc(-c2cccn3c(-c4ccc(F)cc4F)ncc23)cc1C(=O)Nc1ccc(F)cc1. The molecule has 0 saturated heterocycles. The zero-order valence-corrected chi connectivity index (χ0v) is 17.9. The molecule has 5 aromatic rings. The molecule has 0 fully saturated rings. The summed E-state index contributed by atoms with van der Waals surface area (Å²) in [5, 5.41) is 2.74. The Hall–Kier alpha value is -4.46. The number of pyridine rings is 2. The number of carbonyl (C=O) groups excluding carboxylic acids is 1. The molecule has 1 amide bonds. The molecule has 34 heavy (non-hydrogen) atoms. The van der Waals surface area contributed by atoms with Gasteiger partial charge in [-0.2, -0.15) is 0 Å². The Balaban J connectivity index is 1.55. The number of nitrogens with zero attached hydrogens (tertiary/aromatic N) is 3. The molecule has 0 saturated carbocycles. The summed E-state index contributed by atoms with van der Waals surface area (Å²) in [7, 11) is 0. The first kappa shape index (κ1) is 21.4. The molecule has 3 heterocycles. The number of rotatable bonds is 4. The van der Waals surface area contributed by atoms with Crippen molar-refractivity contribution in [1.82, 2.24) is 14.4 Å². The second-order valence-corrected chi connectivity index (χ2v) is 7.70. The summed E-state index contributed by atoms with van der Waals surface area (Å²) in [4.78, 5) is 21.6. The molecular weight excluding hydrogens is 441 g/mol. The number of benzene rings is 2. The standard InChI is InChI=1S/C26H17F3N4O/c1-15-22(26(34)32-19-7-4-17(27)5-8-19)11-16(13-30-15)20-3-2-10-33-24(20)14-31-25(33)21-9-6-18(28)12-23(21)29/h2-14H,1H3,(H,32,34). The maximum absolute atomic E-state index is 14.4. The van der Waals surface area contributed by atoms with Crippen LogP contribution in [-0.2, 0) is 0 Å². The van der Waals surface area contributed by atoms with Gasteiger partial charge in [0.1, 0.15) is 23.3 Å². The minimum Gasteiger partial charge on any atom is -0.322 e. The summed E-state index contributed by atoms with van der Waals surface area (Å²) in [6, 6.07) is 14.1. The summed E-state index contributed by atoms with van der Waals surface area (Å²) in [5.74, 6) is -1.84. The molecular formula is C26H17F3N4O. The van der Waals surface area contributed by atoms with Crippen molar-refractivity contribution in [3.05, 3.63) is 108 Å². The number of halogens is 3. The van der Waals surface area contributed by atoms with Crippen LogP contribution in [0.3, 0.4) is 0 Å². The number of imidazole rings is 1. The highest BCUT2D eigenvalue weighted by atomic mass is 19.1. The van der Waals surface area contributed by atoms with Crippen LogP contribution in [0.1, 0.15) is 16.1 Å². The lowest BCUT2D eigenvalue weighted by atomic mass is 10.0. The Morgan fingerprint density at radius 3 is 2.41 bits per heavy atom. The number of amides is 1. The van der Waals surface area contributed by atoms with Gasteiger partial charge >= 0.3 is 0 Å². The van der Waals surface area contributed by atoms with E-state index in [9.17, 15) is 18.0 Å². The monoisotopic (exact) mass is 458 g/mol. The molecule has 0 spiro atoms. The lowest BCUT2D eigenvalue weighted by molar-refractivity contribution is 0.102. The number of carbonyl (C=O) groups is 1. The zero-order chi connectivity index (χ0) is 23.8. The Labute approximate surface area is 192 Å². The van der Waals surface area contributed by atoms with Gasteiger partial charge in [-0.25, -0.2) is 18.2 Å². The van der Waals surface area contributed by atoms with E-state index in [4.69, 9.17) is 0 Å². The predicted octanol–water partition coefficient (Wildman–Crippen LogP) is 6.04. The molecule has 0 aliphatic carbocycles. The summed E-state index contributed by atoms with van der Waals surface area (Å²) < 4.78 is 42.6. The molecule has 0 aliphatic rings. The fraction of sp³-hybridized carbons (Fsp3) is 0.0385. The first-order valence-corrected chi connectivity index (χ1v) is 10.4. The fourth-order valence-corrected chi connectivity index (χ4v) is 3.78. The third-order valence-corrected chi connectivity index (χ3v) is 5.49. The van der Waals surface area contributed by atoms with Crippen molar-refractivity contribution in [3.8, 4) is 22.5 Å². The van der Waals surface area contributed by atoms with Crippen molar-refractivity contribution in [2.24, 2.45) is 0 Å². The number of aromatic nitrogens is 3. The van der Waals surface area contributed by atoms with Crippen LogP contribution < -0.4 is 5.32 Å². The van der Waals surface area contributed by atoms with E-state index in [2.05, 4.69) is 15.3 Å². The Morgan fingerprint density at radius 1 is 0.882 bits per heavy atom. The third kappa shape index (κ3) is 3.90. The van der Waals surface area contributed by atoms with Crippen LogP contribution >= 0.6 is 0 Å². The van der Waals surface area contributed by atoms with Crippen LogP contribution in [0, 0.1) is 24.4 Å². The molecule has 2 aromatic carbocycles. The van der Waals surface area contributed by atoms with Gasteiger partial charge < -0.3 is 5.32 Å². The van der Waals surface area contributed by atoms with E-state index in [-0.39, 0.29) is 11.5 Å². The first-order valence-electron chi connectivity index (χ1n) is 10.4. The molecule has 0 atom stereocenters.